The van der Waals surface area contributed by atoms with E-state index in [-0.39, 0.29) is 0 Å². The first-order chi connectivity index (χ1) is 3.68. The standard InChI is InChI=1S/C6H8O2/c1-3-4-5(2)6(7)8/h1,5H,4H2,2H3,(H,7,8). The fourth-order valence-electron chi connectivity index (χ4n) is 0.264. The summed E-state index contributed by atoms with van der Waals surface area (Å²) < 4.78 is 0. The molecule has 0 aliphatic carbocycles. The maximum Gasteiger partial charge on any atom is 0.307 e. The number of carbonyl (C=O) groups is 1. The maximum atomic E-state index is 9.99. The van der Waals surface area contributed by atoms with E-state index in [4.69, 9.17) is 11.5 Å². The summed E-state index contributed by atoms with van der Waals surface area (Å²) >= 11 is 0. The van der Waals surface area contributed by atoms with Crippen LogP contribution in [0.25, 0.3) is 0 Å². The van der Waals surface area contributed by atoms with Gasteiger partial charge in [-0.2, -0.15) is 0 Å². The van der Waals surface area contributed by atoms with Crippen molar-refractivity contribution in [1.29, 1.82) is 0 Å². The first-order valence-electron chi connectivity index (χ1n) is 2.34. The van der Waals surface area contributed by atoms with Gasteiger partial charge < -0.3 is 5.11 Å². The Kier molecular flexibility index (Phi) is 2.71. The molecule has 0 heterocycles. The lowest BCUT2D eigenvalue weighted by molar-refractivity contribution is -0.140. The fraction of sp³-hybridized carbons (Fsp3) is 0.500. The van der Waals surface area contributed by atoms with Gasteiger partial charge in [-0.3, -0.25) is 4.79 Å². The average molecular weight is 112 g/mol. The Labute approximate surface area is 48.5 Å². The molecular weight excluding hydrogens is 104 g/mol. The summed E-state index contributed by atoms with van der Waals surface area (Å²) in [6.45, 7) is 1.59. The number of hydrogen-bond acceptors (Lipinski definition) is 1. The first-order valence-corrected chi connectivity index (χ1v) is 2.34. The Morgan fingerprint density at radius 1 is 2.00 bits per heavy atom. The number of carboxylic acid groups (broad SMARTS) is 1. The molecule has 2 nitrogen and oxygen atoms in total. The summed E-state index contributed by atoms with van der Waals surface area (Å²) in [6.07, 6.45) is 5.17. The molecule has 1 unspecified atom stereocenters. The molecule has 0 saturated heterocycles. The molecule has 2 heteroatoms. The van der Waals surface area contributed by atoms with Gasteiger partial charge in [0, 0.05) is 6.42 Å². The lowest BCUT2D eigenvalue weighted by Crippen LogP contribution is -2.07. The second kappa shape index (κ2) is 3.09. The van der Waals surface area contributed by atoms with Crippen LogP contribution in [-0.4, -0.2) is 11.1 Å². The topological polar surface area (TPSA) is 37.3 Å². The van der Waals surface area contributed by atoms with E-state index in [1.807, 2.05) is 0 Å². The van der Waals surface area contributed by atoms with Crippen LogP contribution in [0, 0.1) is 18.3 Å². The van der Waals surface area contributed by atoms with Gasteiger partial charge in [-0.15, -0.1) is 12.3 Å². The van der Waals surface area contributed by atoms with Crippen LogP contribution < -0.4 is 0 Å². The Bertz CT molecular complexity index is 121. The Morgan fingerprint density at radius 3 is 2.62 bits per heavy atom. The van der Waals surface area contributed by atoms with Crippen LogP contribution in [-0.2, 0) is 4.79 Å². The molecule has 1 atom stereocenters. The van der Waals surface area contributed by atoms with Crippen LogP contribution in [0.1, 0.15) is 13.3 Å². The maximum absolute atomic E-state index is 9.99. The summed E-state index contributed by atoms with van der Waals surface area (Å²) in [6, 6.07) is 0. The largest absolute Gasteiger partial charge is 0.481 e. The Hall–Kier alpha value is -0.970. The number of aliphatic carboxylic acids is 1. The van der Waals surface area contributed by atoms with Crippen molar-refractivity contribution >= 4 is 5.97 Å². The summed E-state index contributed by atoms with van der Waals surface area (Å²) in [7, 11) is 0. The average Bonchev–Trinajstić information content (AvgIpc) is 1.67. The van der Waals surface area contributed by atoms with Gasteiger partial charge >= 0.3 is 5.97 Å². The van der Waals surface area contributed by atoms with Crippen LogP contribution in [0.3, 0.4) is 0 Å². The molecule has 0 aromatic carbocycles. The van der Waals surface area contributed by atoms with E-state index in [0.29, 0.717) is 6.42 Å². The van der Waals surface area contributed by atoms with Gasteiger partial charge in [0.25, 0.3) is 0 Å². The highest BCUT2D eigenvalue weighted by Gasteiger charge is 2.06. The predicted octanol–water partition coefficient (Wildman–Crippen LogP) is 0.730. The van der Waals surface area contributed by atoms with Crippen LogP contribution in [0.2, 0.25) is 0 Å². The van der Waals surface area contributed by atoms with Crippen LogP contribution >= 0.6 is 0 Å². The van der Waals surface area contributed by atoms with E-state index in [1.165, 1.54) is 0 Å². The Morgan fingerprint density at radius 2 is 2.50 bits per heavy atom. The lowest BCUT2D eigenvalue weighted by atomic mass is 10.1. The molecule has 0 saturated carbocycles. The van der Waals surface area contributed by atoms with E-state index in [0.717, 1.165) is 0 Å². The molecule has 44 valence electrons. The van der Waals surface area contributed by atoms with E-state index in [9.17, 15) is 4.79 Å². The predicted molar refractivity (Wildman–Crippen MR) is 30.2 cm³/mol. The van der Waals surface area contributed by atoms with Crippen molar-refractivity contribution in [1.82, 2.24) is 0 Å². The van der Waals surface area contributed by atoms with Gasteiger partial charge in [0.05, 0.1) is 5.92 Å². The first kappa shape index (κ1) is 7.03. The van der Waals surface area contributed by atoms with Gasteiger partial charge in [0.15, 0.2) is 0 Å². The van der Waals surface area contributed by atoms with Crippen molar-refractivity contribution in [2.75, 3.05) is 0 Å². The van der Waals surface area contributed by atoms with Crippen molar-refractivity contribution in [2.45, 2.75) is 13.3 Å². The zero-order chi connectivity index (χ0) is 6.57. The summed E-state index contributed by atoms with van der Waals surface area (Å²) in [5.41, 5.74) is 0. The van der Waals surface area contributed by atoms with Gasteiger partial charge in [0.1, 0.15) is 0 Å². The molecule has 0 aliphatic rings. The quantitative estimate of drug-likeness (QED) is 0.535. The monoisotopic (exact) mass is 112 g/mol. The second-order valence-corrected chi connectivity index (χ2v) is 1.65. The van der Waals surface area contributed by atoms with Gasteiger partial charge in [0.2, 0.25) is 0 Å². The van der Waals surface area contributed by atoms with E-state index >= 15 is 0 Å². The highest BCUT2D eigenvalue weighted by atomic mass is 16.4. The van der Waals surface area contributed by atoms with Gasteiger partial charge in [-0.05, 0) is 0 Å². The third-order valence-corrected chi connectivity index (χ3v) is 0.846. The molecule has 0 rings (SSSR count). The molecule has 0 aromatic heterocycles. The summed E-state index contributed by atoms with van der Waals surface area (Å²) in [4.78, 5) is 9.99. The molecule has 0 spiro atoms. The number of terminal acetylenes is 1. The van der Waals surface area contributed by atoms with Crippen molar-refractivity contribution < 1.29 is 9.90 Å². The summed E-state index contributed by atoms with van der Waals surface area (Å²) in [5.74, 6) is 1.03. The van der Waals surface area contributed by atoms with Crippen molar-refractivity contribution in [3.05, 3.63) is 0 Å². The number of carboxylic acids is 1. The number of rotatable bonds is 2. The van der Waals surface area contributed by atoms with Gasteiger partial charge in [-0.1, -0.05) is 6.92 Å². The third-order valence-electron chi connectivity index (χ3n) is 0.846. The van der Waals surface area contributed by atoms with E-state index < -0.39 is 11.9 Å². The molecule has 0 bridgehead atoms. The molecule has 0 radical (unpaired) electrons. The SMILES string of the molecule is C#CCC(C)C(=O)O. The minimum absolute atomic E-state index is 0.315. The highest BCUT2D eigenvalue weighted by Crippen LogP contribution is 1.97. The number of hydrogen-bond donors (Lipinski definition) is 1. The molecule has 0 aromatic rings. The van der Waals surface area contributed by atoms with Crippen molar-refractivity contribution in [3.63, 3.8) is 0 Å². The van der Waals surface area contributed by atoms with Crippen LogP contribution in [0.15, 0.2) is 0 Å². The minimum Gasteiger partial charge on any atom is -0.481 e. The van der Waals surface area contributed by atoms with Gasteiger partial charge in [-0.25, -0.2) is 0 Å². The van der Waals surface area contributed by atoms with Crippen LogP contribution in [0.4, 0.5) is 0 Å². The molecular formula is C6H8O2. The summed E-state index contributed by atoms with van der Waals surface area (Å²) in [5, 5.41) is 8.22. The minimum atomic E-state index is -0.831. The zero-order valence-corrected chi connectivity index (χ0v) is 4.72. The molecule has 1 N–H and O–H groups in total. The normalized spacial score (nSPS) is 12.0. The third kappa shape index (κ3) is 2.25. The zero-order valence-electron chi connectivity index (χ0n) is 4.72. The smallest absolute Gasteiger partial charge is 0.307 e. The van der Waals surface area contributed by atoms with Crippen molar-refractivity contribution in [2.24, 2.45) is 5.92 Å². The lowest BCUT2D eigenvalue weighted by Gasteiger charge is -1.96. The van der Waals surface area contributed by atoms with Crippen molar-refractivity contribution in [3.8, 4) is 12.3 Å². The fourth-order valence-corrected chi connectivity index (χ4v) is 0.264. The van der Waals surface area contributed by atoms with Crippen LogP contribution in [0.5, 0.6) is 0 Å². The van der Waals surface area contributed by atoms with E-state index in [1.54, 1.807) is 6.92 Å². The molecule has 0 aliphatic heterocycles. The molecule has 0 amide bonds. The van der Waals surface area contributed by atoms with E-state index in [2.05, 4.69) is 5.92 Å². The second-order valence-electron chi connectivity index (χ2n) is 1.65. The molecule has 0 fully saturated rings. The Balaban J connectivity index is 3.52. The highest BCUT2D eigenvalue weighted by molar-refractivity contribution is 5.69. The molecule has 8 heavy (non-hydrogen) atoms.